The third-order valence-electron chi connectivity index (χ3n) is 3.92. The monoisotopic (exact) mass is 345 g/mol. The molecular weight excluding hydrogens is 318 g/mol. The zero-order chi connectivity index (χ0) is 17.2. The summed E-state index contributed by atoms with van der Waals surface area (Å²) in [5.41, 5.74) is 2.78. The molecule has 2 N–H and O–H groups in total. The van der Waals surface area contributed by atoms with Crippen LogP contribution in [0, 0.1) is 0 Å². The summed E-state index contributed by atoms with van der Waals surface area (Å²) < 4.78 is 0. The first-order valence-electron chi connectivity index (χ1n) is 8.76. The van der Waals surface area contributed by atoms with Gasteiger partial charge in [-0.05, 0) is 18.6 Å². The molecule has 0 aliphatic carbocycles. The Bertz CT molecular complexity index is 639. The van der Waals surface area contributed by atoms with E-state index in [1.54, 1.807) is 11.3 Å². The molecule has 0 fully saturated rings. The molecule has 24 heavy (non-hydrogen) atoms. The minimum absolute atomic E-state index is 0.0943. The van der Waals surface area contributed by atoms with Crippen molar-refractivity contribution in [1.82, 2.24) is 4.98 Å². The van der Waals surface area contributed by atoms with Crippen molar-refractivity contribution in [3.8, 4) is 11.3 Å². The van der Waals surface area contributed by atoms with Crippen LogP contribution in [0.25, 0.3) is 11.3 Å². The second kappa shape index (κ2) is 10.1. The lowest BCUT2D eigenvalue weighted by Gasteiger charge is -2.07. The fourth-order valence-corrected chi connectivity index (χ4v) is 3.25. The number of carbonyl (C=O) groups excluding carboxylic acids is 1. The van der Waals surface area contributed by atoms with Crippen LogP contribution < -0.4 is 10.6 Å². The van der Waals surface area contributed by atoms with E-state index in [0.717, 1.165) is 34.9 Å². The van der Waals surface area contributed by atoms with Crippen LogP contribution in [-0.2, 0) is 4.79 Å². The summed E-state index contributed by atoms with van der Waals surface area (Å²) in [6.45, 7) is 2.22. The van der Waals surface area contributed by atoms with Crippen molar-refractivity contribution in [3.05, 3.63) is 29.6 Å². The SMILES string of the molecule is CCCCCCCCC(=O)Nc1cccc(-c2csc(NC)n2)c1. The minimum atomic E-state index is 0.0943. The summed E-state index contributed by atoms with van der Waals surface area (Å²) in [4.78, 5) is 16.6. The Kier molecular flexibility index (Phi) is 7.75. The number of hydrogen-bond acceptors (Lipinski definition) is 4. The van der Waals surface area contributed by atoms with Crippen molar-refractivity contribution in [3.63, 3.8) is 0 Å². The van der Waals surface area contributed by atoms with Gasteiger partial charge in [-0.25, -0.2) is 4.98 Å². The number of thiazole rings is 1. The normalized spacial score (nSPS) is 10.6. The quantitative estimate of drug-likeness (QED) is 0.556. The predicted octanol–water partition coefficient (Wildman–Crippen LogP) is 5.54. The Morgan fingerprint density at radius 1 is 1.17 bits per heavy atom. The van der Waals surface area contributed by atoms with E-state index in [-0.39, 0.29) is 5.91 Å². The van der Waals surface area contributed by atoms with E-state index in [1.807, 2.05) is 36.7 Å². The van der Waals surface area contributed by atoms with E-state index >= 15 is 0 Å². The number of aromatic nitrogens is 1. The molecule has 2 aromatic rings. The fourth-order valence-electron chi connectivity index (χ4n) is 2.57. The van der Waals surface area contributed by atoms with Gasteiger partial charge in [0.1, 0.15) is 0 Å². The summed E-state index contributed by atoms with van der Waals surface area (Å²) in [6, 6.07) is 7.87. The van der Waals surface area contributed by atoms with Crippen LogP contribution in [0.1, 0.15) is 51.9 Å². The van der Waals surface area contributed by atoms with Crippen molar-refractivity contribution < 1.29 is 4.79 Å². The van der Waals surface area contributed by atoms with Crippen LogP contribution in [0.4, 0.5) is 10.8 Å². The van der Waals surface area contributed by atoms with Crippen molar-refractivity contribution in [2.24, 2.45) is 0 Å². The molecule has 0 saturated carbocycles. The number of rotatable bonds is 10. The molecule has 5 heteroatoms. The molecule has 130 valence electrons. The molecule has 2 rings (SSSR count). The smallest absolute Gasteiger partial charge is 0.224 e. The fraction of sp³-hybridized carbons (Fsp3) is 0.474. The molecule has 1 aromatic carbocycles. The van der Waals surface area contributed by atoms with Gasteiger partial charge in [0.05, 0.1) is 5.69 Å². The predicted molar refractivity (Wildman–Crippen MR) is 104 cm³/mol. The summed E-state index contributed by atoms with van der Waals surface area (Å²) in [7, 11) is 1.86. The molecule has 1 heterocycles. The average Bonchev–Trinajstić information content (AvgIpc) is 3.07. The van der Waals surface area contributed by atoms with E-state index in [4.69, 9.17) is 0 Å². The van der Waals surface area contributed by atoms with Crippen LogP contribution in [0.5, 0.6) is 0 Å². The van der Waals surface area contributed by atoms with Gasteiger partial charge in [-0.15, -0.1) is 11.3 Å². The number of nitrogens with zero attached hydrogens (tertiary/aromatic N) is 1. The Balaban J connectivity index is 1.82. The van der Waals surface area contributed by atoms with E-state index in [9.17, 15) is 4.79 Å². The highest BCUT2D eigenvalue weighted by Gasteiger charge is 2.06. The molecule has 4 nitrogen and oxygen atoms in total. The molecule has 1 amide bonds. The standard InChI is InChI=1S/C19H27N3OS/c1-3-4-5-6-7-8-12-18(23)21-16-11-9-10-15(13-16)17-14-24-19(20-2)22-17/h9-11,13-14H,3-8,12H2,1-2H3,(H,20,22)(H,21,23). The first-order chi connectivity index (χ1) is 11.7. The van der Waals surface area contributed by atoms with Crippen molar-refractivity contribution in [2.75, 3.05) is 17.7 Å². The van der Waals surface area contributed by atoms with Gasteiger partial charge >= 0.3 is 0 Å². The van der Waals surface area contributed by atoms with Crippen LogP contribution in [0.2, 0.25) is 0 Å². The molecule has 0 spiro atoms. The van der Waals surface area contributed by atoms with Gasteiger partial charge in [-0.2, -0.15) is 0 Å². The number of anilines is 2. The summed E-state index contributed by atoms with van der Waals surface area (Å²) >= 11 is 1.57. The lowest BCUT2D eigenvalue weighted by molar-refractivity contribution is -0.116. The minimum Gasteiger partial charge on any atom is -0.365 e. The molecule has 0 bridgehead atoms. The number of benzene rings is 1. The largest absolute Gasteiger partial charge is 0.365 e. The van der Waals surface area contributed by atoms with Gasteiger partial charge in [-0.1, -0.05) is 51.2 Å². The van der Waals surface area contributed by atoms with Gasteiger partial charge in [0.25, 0.3) is 0 Å². The highest BCUT2D eigenvalue weighted by atomic mass is 32.1. The van der Waals surface area contributed by atoms with E-state index in [0.29, 0.717) is 6.42 Å². The topological polar surface area (TPSA) is 54.0 Å². The number of hydrogen-bond donors (Lipinski definition) is 2. The third-order valence-corrected chi connectivity index (χ3v) is 4.78. The number of unbranched alkanes of at least 4 members (excludes halogenated alkanes) is 5. The van der Waals surface area contributed by atoms with Crippen LogP contribution in [0.3, 0.4) is 0 Å². The van der Waals surface area contributed by atoms with E-state index < -0.39 is 0 Å². The molecule has 0 aliphatic heterocycles. The highest BCUT2D eigenvalue weighted by molar-refractivity contribution is 7.14. The maximum absolute atomic E-state index is 12.1. The zero-order valence-corrected chi connectivity index (χ0v) is 15.4. The van der Waals surface area contributed by atoms with Crippen molar-refractivity contribution in [1.29, 1.82) is 0 Å². The molecule has 1 aromatic heterocycles. The van der Waals surface area contributed by atoms with E-state index in [2.05, 4.69) is 22.5 Å². The van der Waals surface area contributed by atoms with Crippen LogP contribution in [0.15, 0.2) is 29.6 Å². The average molecular weight is 346 g/mol. The maximum Gasteiger partial charge on any atom is 0.224 e. The van der Waals surface area contributed by atoms with Gasteiger partial charge < -0.3 is 10.6 Å². The second-order valence-electron chi connectivity index (χ2n) is 5.93. The lowest BCUT2D eigenvalue weighted by atomic mass is 10.1. The molecule has 0 aliphatic rings. The van der Waals surface area contributed by atoms with Gasteiger partial charge in [0, 0.05) is 30.1 Å². The Morgan fingerprint density at radius 2 is 1.96 bits per heavy atom. The molecule has 0 saturated heterocycles. The summed E-state index contributed by atoms with van der Waals surface area (Å²) in [5, 5.41) is 8.95. The van der Waals surface area contributed by atoms with E-state index in [1.165, 1.54) is 25.7 Å². The van der Waals surface area contributed by atoms with Crippen LogP contribution >= 0.6 is 11.3 Å². The Morgan fingerprint density at radius 3 is 2.71 bits per heavy atom. The van der Waals surface area contributed by atoms with Gasteiger partial charge in [0.15, 0.2) is 5.13 Å². The lowest BCUT2D eigenvalue weighted by Crippen LogP contribution is -2.11. The van der Waals surface area contributed by atoms with Gasteiger partial charge in [-0.3, -0.25) is 4.79 Å². The first kappa shape index (κ1) is 18.5. The molecule has 0 unspecified atom stereocenters. The highest BCUT2D eigenvalue weighted by Crippen LogP contribution is 2.26. The Hall–Kier alpha value is -1.88. The summed E-state index contributed by atoms with van der Waals surface area (Å²) in [5.74, 6) is 0.0943. The van der Waals surface area contributed by atoms with Gasteiger partial charge in [0.2, 0.25) is 5.91 Å². The van der Waals surface area contributed by atoms with Crippen molar-refractivity contribution >= 4 is 28.1 Å². The van der Waals surface area contributed by atoms with Crippen molar-refractivity contribution in [2.45, 2.75) is 51.9 Å². The molecule has 0 atom stereocenters. The first-order valence-corrected chi connectivity index (χ1v) is 9.64. The number of nitrogens with one attached hydrogen (secondary N) is 2. The Labute approximate surface area is 148 Å². The maximum atomic E-state index is 12.1. The zero-order valence-electron chi connectivity index (χ0n) is 14.6. The molecular formula is C19H27N3OS. The second-order valence-corrected chi connectivity index (χ2v) is 6.79. The van der Waals surface area contributed by atoms with Crippen LogP contribution in [-0.4, -0.2) is 17.9 Å². The molecule has 0 radical (unpaired) electrons. The third kappa shape index (κ3) is 5.96. The number of amides is 1. The summed E-state index contributed by atoms with van der Waals surface area (Å²) in [6.07, 6.45) is 7.76. The number of carbonyl (C=O) groups is 1.